The molecule has 0 spiro atoms. The number of rotatable bonds is 3. The van der Waals surface area contributed by atoms with Crippen LogP contribution in [0.4, 0.5) is 0 Å². The van der Waals surface area contributed by atoms with Crippen LogP contribution in [0.1, 0.15) is 33.1 Å². The Morgan fingerprint density at radius 2 is 2.06 bits per heavy atom. The molecule has 0 aromatic carbocycles. The number of carbonyl (C=O) groups excluding carboxylic acids is 1. The SMILES string of the molecule is CC(C)CC(=O)NC(=S)NC1CN2CCC1CC2. The average Bonchev–Trinajstić information content (AvgIpc) is 2.28. The highest BCUT2D eigenvalue weighted by atomic mass is 32.1. The van der Waals surface area contributed by atoms with Gasteiger partial charge in [0.15, 0.2) is 5.11 Å². The maximum absolute atomic E-state index is 11.6. The first-order valence-electron chi connectivity index (χ1n) is 6.87. The van der Waals surface area contributed by atoms with Gasteiger partial charge in [0, 0.05) is 19.0 Å². The normalized spacial score (nSPS) is 30.3. The van der Waals surface area contributed by atoms with Gasteiger partial charge in [-0.1, -0.05) is 13.8 Å². The van der Waals surface area contributed by atoms with Crippen molar-refractivity contribution in [3.63, 3.8) is 0 Å². The Bertz CT molecular complexity index is 324. The fourth-order valence-corrected chi connectivity index (χ4v) is 3.15. The second kappa shape index (κ2) is 5.97. The molecular weight excluding hydrogens is 246 g/mol. The van der Waals surface area contributed by atoms with Crippen LogP contribution in [-0.2, 0) is 4.79 Å². The summed E-state index contributed by atoms with van der Waals surface area (Å²) in [6.07, 6.45) is 3.03. The number of fused-ring (bicyclic) bond motifs is 3. The Balaban J connectivity index is 1.76. The average molecular weight is 269 g/mol. The van der Waals surface area contributed by atoms with Crippen molar-refractivity contribution in [1.29, 1.82) is 0 Å². The topological polar surface area (TPSA) is 44.4 Å². The van der Waals surface area contributed by atoms with Crippen LogP contribution in [0.5, 0.6) is 0 Å². The summed E-state index contributed by atoms with van der Waals surface area (Å²) in [7, 11) is 0. The van der Waals surface area contributed by atoms with Gasteiger partial charge in [0.2, 0.25) is 5.91 Å². The molecule has 0 saturated carbocycles. The molecule has 0 aromatic rings. The van der Waals surface area contributed by atoms with Crippen molar-refractivity contribution in [3.05, 3.63) is 0 Å². The monoisotopic (exact) mass is 269 g/mol. The van der Waals surface area contributed by atoms with E-state index >= 15 is 0 Å². The maximum atomic E-state index is 11.6. The van der Waals surface area contributed by atoms with E-state index in [1.807, 2.05) is 13.8 Å². The third-order valence-electron chi connectivity index (χ3n) is 3.82. The smallest absolute Gasteiger partial charge is 0.226 e. The number of thiocarbonyl (C=S) groups is 1. The van der Waals surface area contributed by atoms with Crippen molar-refractivity contribution in [2.45, 2.75) is 39.2 Å². The van der Waals surface area contributed by atoms with Crippen molar-refractivity contribution in [3.8, 4) is 0 Å². The molecule has 0 radical (unpaired) electrons. The number of nitrogens with zero attached hydrogens (tertiary/aromatic N) is 1. The zero-order valence-electron chi connectivity index (χ0n) is 11.2. The summed E-state index contributed by atoms with van der Waals surface area (Å²) in [6.45, 7) is 7.56. The van der Waals surface area contributed by atoms with Crippen molar-refractivity contribution in [2.75, 3.05) is 19.6 Å². The first kappa shape index (κ1) is 13.7. The van der Waals surface area contributed by atoms with E-state index in [4.69, 9.17) is 12.2 Å². The third-order valence-corrected chi connectivity index (χ3v) is 4.04. The minimum atomic E-state index is 0.0174. The number of hydrogen-bond donors (Lipinski definition) is 2. The van der Waals surface area contributed by atoms with E-state index in [-0.39, 0.29) is 5.91 Å². The molecule has 1 amide bonds. The Hall–Kier alpha value is -0.680. The molecule has 1 atom stereocenters. The van der Waals surface area contributed by atoms with E-state index in [0.717, 1.165) is 12.5 Å². The number of nitrogens with one attached hydrogen (secondary N) is 2. The minimum absolute atomic E-state index is 0.0174. The quantitative estimate of drug-likeness (QED) is 0.754. The molecule has 3 fully saturated rings. The molecule has 5 heteroatoms. The van der Waals surface area contributed by atoms with Gasteiger partial charge in [-0.05, 0) is 50.0 Å². The van der Waals surface area contributed by atoms with Gasteiger partial charge in [0.25, 0.3) is 0 Å². The van der Waals surface area contributed by atoms with Gasteiger partial charge in [-0.2, -0.15) is 0 Å². The lowest BCUT2D eigenvalue weighted by Gasteiger charge is -2.45. The van der Waals surface area contributed by atoms with Crippen LogP contribution < -0.4 is 10.6 Å². The molecule has 0 aromatic heterocycles. The summed E-state index contributed by atoms with van der Waals surface area (Å²) in [5, 5.41) is 6.59. The predicted molar refractivity (Wildman–Crippen MR) is 76.3 cm³/mol. The van der Waals surface area contributed by atoms with E-state index in [0.29, 0.717) is 23.5 Å². The molecule has 3 rings (SSSR count). The Kier molecular flexibility index (Phi) is 4.56. The number of carbonyl (C=O) groups is 1. The third kappa shape index (κ3) is 3.65. The molecule has 18 heavy (non-hydrogen) atoms. The van der Waals surface area contributed by atoms with Crippen molar-refractivity contribution in [2.24, 2.45) is 11.8 Å². The maximum Gasteiger partial charge on any atom is 0.226 e. The zero-order chi connectivity index (χ0) is 13.1. The molecule has 2 N–H and O–H groups in total. The molecule has 3 saturated heterocycles. The van der Waals surface area contributed by atoms with Gasteiger partial charge in [0.05, 0.1) is 0 Å². The highest BCUT2D eigenvalue weighted by molar-refractivity contribution is 7.80. The van der Waals surface area contributed by atoms with Gasteiger partial charge >= 0.3 is 0 Å². The van der Waals surface area contributed by atoms with E-state index < -0.39 is 0 Å². The van der Waals surface area contributed by atoms with Crippen LogP contribution in [0.2, 0.25) is 0 Å². The molecule has 3 aliphatic heterocycles. The lowest BCUT2D eigenvalue weighted by molar-refractivity contribution is -0.120. The number of amides is 1. The molecule has 3 aliphatic rings. The number of piperidine rings is 3. The number of hydrogen-bond acceptors (Lipinski definition) is 3. The summed E-state index contributed by atoms with van der Waals surface area (Å²) < 4.78 is 0. The lowest BCUT2D eigenvalue weighted by Crippen LogP contribution is -2.59. The molecule has 4 nitrogen and oxygen atoms in total. The van der Waals surface area contributed by atoms with Gasteiger partial charge in [-0.25, -0.2) is 0 Å². The Labute approximate surface area is 114 Å². The standard InChI is InChI=1S/C13H23N3OS/c1-9(2)7-12(17)15-13(18)14-11-8-16-5-3-10(11)4-6-16/h9-11H,3-8H2,1-2H3,(H2,14,15,17,18). The molecule has 3 heterocycles. The van der Waals surface area contributed by atoms with Crippen LogP contribution in [0.25, 0.3) is 0 Å². The van der Waals surface area contributed by atoms with E-state index in [9.17, 15) is 4.79 Å². The Morgan fingerprint density at radius 1 is 1.39 bits per heavy atom. The molecular formula is C13H23N3OS. The highest BCUT2D eigenvalue weighted by Crippen LogP contribution is 2.27. The molecule has 102 valence electrons. The Morgan fingerprint density at radius 3 is 2.56 bits per heavy atom. The van der Waals surface area contributed by atoms with Crippen LogP contribution in [0.15, 0.2) is 0 Å². The summed E-state index contributed by atoms with van der Waals surface area (Å²) in [6, 6.07) is 0.416. The fraction of sp³-hybridized carbons (Fsp3) is 0.846. The molecule has 1 unspecified atom stereocenters. The molecule has 2 bridgehead atoms. The highest BCUT2D eigenvalue weighted by Gasteiger charge is 2.34. The van der Waals surface area contributed by atoms with E-state index in [2.05, 4.69) is 15.5 Å². The largest absolute Gasteiger partial charge is 0.358 e. The van der Waals surface area contributed by atoms with Gasteiger partial charge < -0.3 is 15.5 Å². The van der Waals surface area contributed by atoms with Gasteiger partial charge in [-0.3, -0.25) is 4.79 Å². The van der Waals surface area contributed by atoms with Crippen molar-refractivity contribution < 1.29 is 4.79 Å². The van der Waals surface area contributed by atoms with E-state index in [1.165, 1.54) is 25.9 Å². The second-order valence-electron chi connectivity index (χ2n) is 5.86. The molecule has 0 aliphatic carbocycles. The van der Waals surface area contributed by atoms with Crippen LogP contribution in [0, 0.1) is 11.8 Å². The summed E-state index contributed by atoms with van der Waals surface area (Å²) in [4.78, 5) is 14.1. The first-order chi connectivity index (χ1) is 8.54. The predicted octanol–water partition coefficient (Wildman–Crippen LogP) is 1.12. The van der Waals surface area contributed by atoms with Crippen LogP contribution in [-0.4, -0.2) is 41.6 Å². The van der Waals surface area contributed by atoms with Crippen molar-refractivity contribution >= 4 is 23.2 Å². The second-order valence-corrected chi connectivity index (χ2v) is 6.27. The lowest BCUT2D eigenvalue weighted by atomic mass is 9.84. The summed E-state index contributed by atoms with van der Waals surface area (Å²) in [5.41, 5.74) is 0. The van der Waals surface area contributed by atoms with Gasteiger partial charge in [0.1, 0.15) is 0 Å². The van der Waals surface area contributed by atoms with Gasteiger partial charge in [-0.15, -0.1) is 0 Å². The first-order valence-corrected chi connectivity index (χ1v) is 7.28. The van der Waals surface area contributed by atoms with Crippen LogP contribution >= 0.6 is 12.2 Å². The summed E-state index contributed by atoms with van der Waals surface area (Å²) in [5.74, 6) is 1.10. The van der Waals surface area contributed by atoms with Crippen molar-refractivity contribution in [1.82, 2.24) is 15.5 Å². The summed E-state index contributed by atoms with van der Waals surface area (Å²) >= 11 is 5.22. The fourth-order valence-electron chi connectivity index (χ4n) is 2.88. The van der Waals surface area contributed by atoms with Crippen LogP contribution in [0.3, 0.4) is 0 Å². The van der Waals surface area contributed by atoms with E-state index in [1.54, 1.807) is 0 Å². The minimum Gasteiger partial charge on any atom is -0.358 e. The zero-order valence-corrected chi connectivity index (χ0v) is 12.1.